The number of anilines is 1. The first kappa shape index (κ1) is 10.5. The van der Waals surface area contributed by atoms with Crippen LogP contribution in [0.1, 0.15) is 10.5 Å². The Labute approximate surface area is 84.1 Å². The van der Waals surface area contributed by atoms with Gasteiger partial charge in [-0.25, -0.2) is 9.78 Å². The van der Waals surface area contributed by atoms with Crippen molar-refractivity contribution in [1.29, 1.82) is 0 Å². The minimum atomic E-state index is -0.506. The molecule has 1 aromatic rings. The summed E-state index contributed by atoms with van der Waals surface area (Å²) in [6, 6.07) is 0. The summed E-state index contributed by atoms with van der Waals surface area (Å²) in [4.78, 5) is 25.3. The quantitative estimate of drug-likeness (QED) is 0.680. The monoisotopic (exact) mass is 215 g/mol. The number of ether oxygens (including phenoxy) is 1. The lowest BCUT2D eigenvalue weighted by Crippen LogP contribution is -2.21. The summed E-state index contributed by atoms with van der Waals surface area (Å²) >= 11 is 1.20. The van der Waals surface area contributed by atoms with Gasteiger partial charge in [0.2, 0.25) is 5.91 Å². The van der Waals surface area contributed by atoms with Crippen LogP contribution in [0, 0.1) is 0 Å². The van der Waals surface area contributed by atoms with Crippen molar-refractivity contribution in [2.24, 2.45) is 5.73 Å². The summed E-state index contributed by atoms with van der Waals surface area (Å²) in [7, 11) is 1.28. The van der Waals surface area contributed by atoms with Crippen LogP contribution in [0.15, 0.2) is 5.38 Å². The first-order valence-electron chi connectivity index (χ1n) is 3.69. The molecule has 0 aliphatic heterocycles. The van der Waals surface area contributed by atoms with Gasteiger partial charge < -0.3 is 15.8 Å². The van der Waals surface area contributed by atoms with E-state index in [1.54, 1.807) is 0 Å². The van der Waals surface area contributed by atoms with Gasteiger partial charge in [0.15, 0.2) is 10.8 Å². The van der Waals surface area contributed by atoms with Gasteiger partial charge in [0.1, 0.15) is 0 Å². The Morgan fingerprint density at radius 2 is 2.43 bits per heavy atom. The Morgan fingerprint density at radius 1 is 1.71 bits per heavy atom. The number of rotatable bonds is 4. The molecule has 0 saturated carbocycles. The molecule has 1 rings (SSSR count). The van der Waals surface area contributed by atoms with Crippen LogP contribution in [0.3, 0.4) is 0 Å². The molecule has 0 fully saturated rings. The number of primary amides is 1. The zero-order valence-corrected chi connectivity index (χ0v) is 8.26. The van der Waals surface area contributed by atoms with E-state index in [9.17, 15) is 9.59 Å². The summed E-state index contributed by atoms with van der Waals surface area (Å²) in [5.74, 6) is -0.992. The van der Waals surface area contributed by atoms with Gasteiger partial charge in [-0.05, 0) is 0 Å². The van der Waals surface area contributed by atoms with Gasteiger partial charge >= 0.3 is 5.97 Å². The SMILES string of the molecule is COC(=O)c1csc(NCC(N)=O)n1. The highest BCUT2D eigenvalue weighted by atomic mass is 32.1. The Bertz CT molecular complexity index is 350. The van der Waals surface area contributed by atoms with Crippen molar-refractivity contribution < 1.29 is 14.3 Å². The van der Waals surface area contributed by atoms with E-state index >= 15 is 0 Å². The van der Waals surface area contributed by atoms with Gasteiger partial charge in [-0.1, -0.05) is 0 Å². The number of hydrogen-bond donors (Lipinski definition) is 2. The van der Waals surface area contributed by atoms with Crippen LogP contribution in [0.25, 0.3) is 0 Å². The molecule has 0 aromatic carbocycles. The second-order valence-corrected chi connectivity index (χ2v) is 3.21. The van der Waals surface area contributed by atoms with E-state index in [0.29, 0.717) is 5.13 Å². The zero-order chi connectivity index (χ0) is 10.6. The highest BCUT2D eigenvalue weighted by Gasteiger charge is 2.10. The van der Waals surface area contributed by atoms with Gasteiger partial charge in [0, 0.05) is 5.38 Å². The fraction of sp³-hybridized carbons (Fsp3) is 0.286. The van der Waals surface area contributed by atoms with Crippen LogP contribution in [0.4, 0.5) is 5.13 Å². The van der Waals surface area contributed by atoms with Crippen molar-refractivity contribution >= 4 is 28.3 Å². The van der Waals surface area contributed by atoms with Crippen molar-refractivity contribution in [3.63, 3.8) is 0 Å². The smallest absolute Gasteiger partial charge is 0.357 e. The minimum absolute atomic E-state index is 0.00583. The number of carbonyl (C=O) groups excluding carboxylic acids is 2. The minimum Gasteiger partial charge on any atom is -0.464 e. The predicted octanol–water partition coefficient (Wildman–Crippen LogP) is -0.173. The molecule has 1 heterocycles. The Morgan fingerprint density at radius 3 is 3.00 bits per heavy atom. The number of nitrogens with two attached hydrogens (primary N) is 1. The average molecular weight is 215 g/mol. The molecular weight excluding hydrogens is 206 g/mol. The van der Waals surface area contributed by atoms with Gasteiger partial charge in [-0.2, -0.15) is 0 Å². The summed E-state index contributed by atoms with van der Waals surface area (Å²) < 4.78 is 4.46. The number of esters is 1. The third-order valence-electron chi connectivity index (χ3n) is 1.31. The highest BCUT2D eigenvalue weighted by Crippen LogP contribution is 2.15. The second-order valence-electron chi connectivity index (χ2n) is 2.35. The molecule has 1 amide bonds. The fourth-order valence-corrected chi connectivity index (χ4v) is 1.39. The Balaban J connectivity index is 2.59. The largest absolute Gasteiger partial charge is 0.464 e. The molecule has 6 nitrogen and oxygen atoms in total. The lowest BCUT2D eigenvalue weighted by Gasteiger charge is -1.96. The molecule has 0 aliphatic carbocycles. The van der Waals surface area contributed by atoms with E-state index in [1.807, 2.05) is 0 Å². The highest BCUT2D eigenvalue weighted by molar-refractivity contribution is 7.13. The van der Waals surface area contributed by atoms with Crippen molar-refractivity contribution in [2.75, 3.05) is 19.0 Å². The fourth-order valence-electron chi connectivity index (χ4n) is 0.716. The number of aromatic nitrogens is 1. The van der Waals surface area contributed by atoms with Gasteiger partial charge in [-0.15, -0.1) is 11.3 Å². The summed E-state index contributed by atoms with van der Waals surface area (Å²) in [5.41, 5.74) is 5.13. The molecule has 0 aliphatic rings. The third-order valence-corrected chi connectivity index (χ3v) is 2.11. The second kappa shape index (κ2) is 4.56. The number of nitrogens with one attached hydrogen (secondary N) is 1. The predicted molar refractivity (Wildman–Crippen MR) is 51.1 cm³/mol. The van der Waals surface area contributed by atoms with E-state index in [-0.39, 0.29) is 12.2 Å². The zero-order valence-electron chi connectivity index (χ0n) is 7.44. The Hall–Kier alpha value is -1.63. The third kappa shape index (κ3) is 2.70. The summed E-state index contributed by atoms with van der Waals surface area (Å²) in [6.07, 6.45) is 0. The molecule has 0 spiro atoms. The van der Waals surface area contributed by atoms with E-state index in [2.05, 4.69) is 15.0 Å². The van der Waals surface area contributed by atoms with Crippen LogP contribution in [-0.2, 0) is 9.53 Å². The topological polar surface area (TPSA) is 94.3 Å². The molecule has 0 bridgehead atoms. The first-order valence-corrected chi connectivity index (χ1v) is 4.57. The summed E-state index contributed by atoms with van der Waals surface area (Å²) in [5, 5.41) is 4.67. The van der Waals surface area contributed by atoms with Crippen LogP contribution in [0.5, 0.6) is 0 Å². The molecule has 76 valence electrons. The molecule has 14 heavy (non-hydrogen) atoms. The van der Waals surface area contributed by atoms with Crippen LogP contribution in [0.2, 0.25) is 0 Å². The van der Waals surface area contributed by atoms with Crippen molar-refractivity contribution in [3.05, 3.63) is 11.1 Å². The standard InChI is InChI=1S/C7H9N3O3S/c1-13-6(12)4-3-14-7(10-4)9-2-5(8)11/h3H,2H2,1H3,(H2,8,11)(H,9,10). The molecule has 1 aromatic heterocycles. The van der Waals surface area contributed by atoms with Crippen LogP contribution < -0.4 is 11.1 Å². The van der Waals surface area contributed by atoms with Crippen molar-refractivity contribution in [2.45, 2.75) is 0 Å². The molecule has 0 radical (unpaired) electrons. The van der Waals surface area contributed by atoms with E-state index in [4.69, 9.17) is 5.73 Å². The van der Waals surface area contributed by atoms with Gasteiger partial charge in [0.25, 0.3) is 0 Å². The number of nitrogens with zero attached hydrogens (tertiary/aromatic N) is 1. The number of amides is 1. The normalized spacial score (nSPS) is 9.50. The lowest BCUT2D eigenvalue weighted by atomic mass is 10.5. The lowest BCUT2D eigenvalue weighted by molar-refractivity contribution is -0.116. The molecule has 0 atom stereocenters. The molecule has 7 heteroatoms. The van der Waals surface area contributed by atoms with Crippen molar-refractivity contribution in [3.8, 4) is 0 Å². The summed E-state index contributed by atoms with van der Waals surface area (Å²) in [6.45, 7) is -0.00583. The maximum atomic E-state index is 11.0. The van der Waals surface area contributed by atoms with Crippen molar-refractivity contribution in [1.82, 2.24) is 4.98 Å². The van der Waals surface area contributed by atoms with Gasteiger partial charge in [0.05, 0.1) is 13.7 Å². The van der Waals surface area contributed by atoms with Crippen LogP contribution in [-0.4, -0.2) is 30.5 Å². The number of hydrogen-bond acceptors (Lipinski definition) is 6. The number of thiazole rings is 1. The number of methoxy groups -OCH3 is 1. The Kier molecular flexibility index (Phi) is 3.41. The molecule has 0 unspecified atom stereocenters. The molecule has 0 saturated heterocycles. The molecule has 3 N–H and O–H groups in total. The van der Waals surface area contributed by atoms with E-state index in [0.717, 1.165) is 0 Å². The maximum absolute atomic E-state index is 11.0. The molecular formula is C7H9N3O3S. The average Bonchev–Trinajstić information content (AvgIpc) is 2.62. The first-order chi connectivity index (χ1) is 6.63. The number of carbonyl (C=O) groups is 2. The van der Waals surface area contributed by atoms with E-state index in [1.165, 1.54) is 23.8 Å². The van der Waals surface area contributed by atoms with Crippen LogP contribution >= 0.6 is 11.3 Å². The van der Waals surface area contributed by atoms with Gasteiger partial charge in [-0.3, -0.25) is 4.79 Å². The maximum Gasteiger partial charge on any atom is 0.357 e. The van der Waals surface area contributed by atoms with E-state index < -0.39 is 11.9 Å².